The van der Waals surface area contributed by atoms with E-state index in [1.807, 2.05) is 41.2 Å². The van der Waals surface area contributed by atoms with Crippen LogP contribution in [0.4, 0.5) is 10.5 Å². The van der Waals surface area contributed by atoms with Gasteiger partial charge in [0, 0.05) is 18.4 Å². The minimum atomic E-state index is -0.379. The number of nitrogens with one attached hydrogen (secondary N) is 1. The highest BCUT2D eigenvalue weighted by Gasteiger charge is 2.33. The smallest absolute Gasteiger partial charge is 0.407 e. The molecular weight excluding hydrogens is 370 g/mol. The molecule has 0 bridgehead atoms. The number of nitrogens with zero attached hydrogens (tertiary/aromatic N) is 2. The predicted octanol–water partition coefficient (Wildman–Crippen LogP) is 3.51. The number of para-hydroxylation sites is 1. The minimum Gasteiger partial charge on any atom is -0.465 e. The van der Waals surface area contributed by atoms with Gasteiger partial charge in [-0.05, 0) is 37.1 Å². The molecule has 7 heteroatoms. The molecule has 2 fully saturated rings. The molecule has 2 heterocycles. The van der Waals surface area contributed by atoms with Gasteiger partial charge in [-0.25, -0.2) is 9.59 Å². The number of methoxy groups -OCH3 is 1. The Morgan fingerprint density at radius 1 is 1.03 bits per heavy atom. The van der Waals surface area contributed by atoms with Crippen LogP contribution in [0.3, 0.4) is 0 Å². The van der Waals surface area contributed by atoms with Crippen LogP contribution in [-0.2, 0) is 9.47 Å². The third kappa shape index (κ3) is 4.23. The number of carbonyl (C=O) groups excluding carboxylic acids is 2. The van der Waals surface area contributed by atoms with Gasteiger partial charge in [0.2, 0.25) is 0 Å². The third-order valence-electron chi connectivity index (χ3n) is 5.67. The molecule has 1 N–H and O–H groups in total. The summed E-state index contributed by atoms with van der Waals surface area (Å²) in [7, 11) is 1.38. The van der Waals surface area contributed by atoms with Gasteiger partial charge >= 0.3 is 12.1 Å². The molecule has 2 aromatic rings. The van der Waals surface area contributed by atoms with E-state index < -0.39 is 0 Å². The molecular formula is C22H27N3O4. The Kier molecular flexibility index (Phi) is 5.74. The average Bonchev–Trinajstić information content (AvgIpc) is 3.24. The van der Waals surface area contributed by atoms with Crippen molar-refractivity contribution in [1.82, 2.24) is 9.88 Å². The van der Waals surface area contributed by atoms with E-state index in [-0.39, 0.29) is 24.2 Å². The number of carbonyl (C=O) groups is 2. The van der Waals surface area contributed by atoms with E-state index in [4.69, 9.17) is 9.47 Å². The number of rotatable bonds is 5. The fourth-order valence-electron chi connectivity index (χ4n) is 4.12. The highest BCUT2D eigenvalue weighted by atomic mass is 16.6. The molecule has 0 unspecified atom stereocenters. The van der Waals surface area contributed by atoms with Crippen LogP contribution >= 0.6 is 0 Å². The van der Waals surface area contributed by atoms with Crippen molar-refractivity contribution in [2.75, 3.05) is 25.1 Å². The maximum absolute atomic E-state index is 12.3. The van der Waals surface area contributed by atoms with Gasteiger partial charge in [0.15, 0.2) is 0 Å². The molecule has 1 aliphatic heterocycles. The zero-order valence-corrected chi connectivity index (χ0v) is 16.7. The summed E-state index contributed by atoms with van der Waals surface area (Å²) in [6.45, 7) is 1.19. The predicted molar refractivity (Wildman–Crippen MR) is 110 cm³/mol. The maximum Gasteiger partial charge on any atom is 0.407 e. The zero-order chi connectivity index (χ0) is 20.2. The first-order valence-corrected chi connectivity index (χ1v) is 10.2. The van der Waals surface area contributed by atoms with E-state index in [2.05, 4.69) is 10.2 Å². The lowest BCUT2D eigenvalue weighted by atomic mass is 9.96. The van der Waals surface area contributed by atoms with Gasteiger partial charge < -0.3 is 24.3 Å². The second-order valence-corrected chi connectivity index (χ2v) is 7.67. The van der Waals surface area contributed by atoms with Crippen LogP contribution in [0.15, 0.2) is 42.7 Å². The van der Waals surface area contributed by atoms with Gasteiger partial charge in [0.1, 0.15) is 6.10 Å². The van der Waals surface area contributed by atoms with E-state index in [9.17, 15) is 9.59 Å². The number of hydrogen-bond acceptors (Lipinski definition) is 5. The number of alkyl carbamates (subject to hydrolysis) is 1. The summed E-state index contributed by atoms with van der Waals surface area (Å²) in [6, 6.07) is 9.64. The number of esters is 1. The van der Waals surface area contributed by atoms with Crippen LogP contribution < -0.4 is 10.2 Å². The Morgan fingerprint density at radius 2 is 1.76 bits per heavy atom. The number of ether oxygens (including phenoxy) is 2. The summed E-state index contributed by atoms with van der Waals surface area (Å²) >= 11 is 0. The van der Waals surface area contributed by atoms with Crippen LogP contribution in [0, 0.1) is 0 Å². The van der Waals surface area contributed by atoms with Crippen LogP contribution in [0.2, 0.25) is 0 Å². The van der Waals surface area contributed by atoms with Crippen molar-refractivity contribution >= 4 is 17.7 Å². The van der Waals surface area contributed by atoms with Crippen molar-refractivity contribution in [3.8, 4) is 5.69 Å². The molecule has 1 aromatic heterocycles. The molecule has 7 nitrogen and oxygen atoms in total. The number of benzene rings is 1. The van der Waals surface area contributed by atoms with E-state index in [0.717, 1.165) is 24.2 Å². The summed E-state index contributed by atoms with van der Waals surface area (Å²) in [5, 5.41) is 2.99. The van der Waals surface area contributed by atoms with Gasteiger partial charge in [-0.15, -0.1) is 0 Å². The van der Waals surface area contributed by atoms with Crippen molar-refractivity contribution in [3.63, 3.8) is 0 Å². The van der Waals surface area contributed by atoms with E-state index in [0.29, 0.717) is 18.7 Å². The quantitative estimate of drug-likeness (QED) is 0.782. The number of anilines is 1. The molecule has 1 saturated carbocycles. The summed E-state index contributed by atoms with van der Waals surface area (Å²) in [4.78, 5) is 26.6. The fraction of sp³-hybridized carbons (Fsp3) is 0.455. The Hall–Kier alpha value is -2.96. The Labute approximate surface area is 170 Å². The normalized spacial score (nSPS) is 17.5. The van der Waals surface area contributed by atoms with Crippen molar-refractivity contribution in [2.45, 2.75) is 44.2 Å². The lowest BCUT2D eigenvalue weighted by molar-refractivity contribution is 0.0600. The summed E-state index contributed by atoms with van der Waals surface area (Å²) in [6.07, 6.45) is 8.97. The van der Waals surface area contributed by atoms with Gasteiger partial charge in [-0.3, -0.25) is 0 Å². The van der Waals surface area contributed by atoms with Gasteiger partial charge in [-0.2, -0.15) is 0 Å². The Balaban J connectivity index is 1.42. The third-order valence-corrected chi connectivity index (χ3v) is 5.67. The van der Waals surface area contributed by atoms with Crippen molar-refractivity contribution in [1.29, 1.82) is 0 Å². The fourth-order valence-corrected chi connectivity index (χ4v) is 4.12. The standard InChI is InChI=1S/C22H27N3O4/c1-28-21(26)18-10-7-11-19(20(18)24-12-5-6-13-24)25-14-17(15-25)29-22(27)23-16-8-3-2-4-9-16/h5-7,10-13,16-17H,2-4,8-9,14-15H2,1H3,(H,23,27). The van der Waals surface area contributed by atoms with E-state index >= 15 is 0 Å². The molecule has 0 radical (unpaired) electrons. The maximum atomic E-state index is 12.3. The highest BCUT2D eigenvalue weighted by Crippen LogP contribution is 2.32. The summed E-state index contributed by atoms with van der Waals surface area (Å²) in [5.74, 6) is -0.379. The van der Waals surface area contributed by atoms with Crippen molar-refractivity contribution in [2.24, 2.45) is 0 Å². The number of aromatic nitrogens is 1. The number of hydrogen-bond donors (Lipinski definition) is 1. The van der Waals surface area contributed by atoms with Gasteiger partial charge in [0.05, 0.1) is 37.1 Å². The Morgan fingerprint density at radius 3 is 2.45 bits per heavy atom. The molecule has 1 amide bonds. The second kappa shape index (κ2) is 8.59. The molecule has 1 aliphatic carbocycles. The molecule has 4 rings (SSSR count). The lowest BCUT2D eigenvalue weighted by Gasteiger charge is -2.41. The molecule has 154 valence electrons. The van der Waals surface area contributed by atoms with E-state index in [1.54, 1.807) is 6.07 Å². The van der Waals surface area contributed by atoms with Crippen LogP contribution in [0.25, 0.3) is 5.69 Å². The highest BCUT2D eigenvalue weighted by molar-refractivity contribution is 5.96. The first kappa shape index (κ1) is 19.4. The molecule has 0 atom stereocenters. The summed E-state index contributed by atoms with van der Waals surface area (Å²) in [5.41, 5.74) is 2.19. The minimum absolute atomic E-state index is 0.155. The number of amides is 1. The molecule has 0 spiro atoms. The van der Waals surface area contributed by atoms with Crippen LogP contribution in [0.1, 0.15) is 42.5 Å². The second-order valence-electron chi connectivity index (χ2n) is 7.67. The van der Waals surface area contributed by atoms with Gasteiger partial charge in [-0.1, -0.05) is 25.3 Å². The van der Waals surface area contributed by atoms with Crippen LogP contribution in [0.5, 0.6) is 0 Å². The van der Waals surface area contributed by atoms with Crippen molar-refractivity contribution < 1.29 is 19.1 Å². The average molecular weight is 397 g/mol. The van der Waals surface area contributed by atoms with Crippen LogP contribution in [-0.4, -0.2) is 49.0 Å². The zero-order valence-electron chi connectivity index (χ0n) is 16.7. The lowest BCUT2D eigenvalue weighted by Crippen LogP contribution is -2.54. The largest absolute Gasteiger partial charge is 0.465 e. The van der Waals surface area contributed by atoms with Crippen molar-refractivity contribution in [3.05, 3.63) is 48.3 Å². The first-order valence-electron chi connectivity index (χ1n) is 10.2. The SMILES string of the molecule is COC(=O)c1cccc(N2CC(OC(=O)NC3CCCCC3)C2)c1-n1cccc1. The van der Waals surface area contributed by atoms with Gasteiger partial charge in [0.25, 0.3) is 0 Å². The monoisotopic (exact) mass is 397 g/mol. The summed E-state index contributed by atoms with van der Waals surface area (Å²) < 4.78 is 12.4. The molecule has 29 heavy (non-hydrogen) atoms. The molecule has 1 saturated heterocycles. The molecule has 2 aliphatic rings. The van der Waals surface area contributed by atoms with E-state index in [1.165, 1.54) is 26.4 Å². The molecule has 1 aromatic carbocycles. The topological polar surface area (TPSA) is 72.8 Å². The first-order chi connectivity index (χ1) is 14.2. The Bertz CT molecular complexity index is 853.